The average molecular weight is 120 g/mol. The van der Waals surface area contributed by atoms with Crippen molar-refractivity contribution in [3.8, 4) is 11.8 Å². The summed E-state index contributed by atoms with van der Waals surface area (Å²) in [5, 5.41) is 0. The molecule has 2 aliphatic rings. The number of hydrogen-bond donors (Lipinski definition) is 0. The topological polar surface area (TPSA) is 0 Å². The summed E-state index contributed by atoms with van der Waals surface area (Å²) in [6.45, 7) is 0. The van der Waals surface area contributed by atoms with Crippen LogP contribution in [0.3, 0.4) is 0 Å². The van der Waals surface area contributed by atoms with Gasteiger partial charge >= 0.3 is 0 Å². The quantitative estimate of drug-likeness (QED) is 0.430. The van der Waals surface area contributed by atoms with E-state index in [0.29, 0.717) is 0 Å². The zero-order valence-electron chi connectivity index (χ0n) is 5.69. The minimum atomic E-state index is 1.08. The van der Waals surface area contributed by atoms with E-state index in [1.165, 1.54) is 32.1 Å². The second-order valence-electron chi connectivity index (χ2n) is 3.19. The fraction of sp³-hybridized carbons (Fsp3) is 0.778. The maximum atomic E-state index is 3.19. The molecule has 0 aromatic carbocycles. The minimum absolute atomic E-state index is 1.08. The lowest BCUT2D eigenvalue weighted by atomic mass is 10.1. The molecular formula is C9H12. The van der Waals surface area contributed by atoms with Crippen LogP contribution in [-0.2, 0) is 0 Å². The van der Waals surface area contributed by atoms with Gasteiger partial charge in [-0.15, -0.1) is 11.8 Å². The SMILES string of the molecule is C1#CCCC2CC2CC1. The van der Waals surface area contributed by atoms with Crippen LogP contribution in [0.15, 0.2) is 0 Å². The Balaban J connectivity index is 1.95. The Kier molecular flexibility index (Phi) is 1.23. The van der Waals surface area contributed by atoms with Gasteiger partial charge in [-0.1, -0.05) is 0 Å². The smallest absolute Gasteiger partial charge is 0.00914 e. The molecule has 0 aromatic heterocycles. The van der Waals surface area contributed by atoms with E-state index in [0.717, 1.165) is 11.8 Å². The van der Waals surface area contributed by atoms with Gasteiger partial charge in [-0.3, -0.25) is 0 Å². The van der Waals surface area contributed by atoms with E-state index in [2.05, 4.69) is 11.8 Å². The van der Waals surface area contributed by atoms with Crippen molar-refractivity contribution in [1.29, 1.82) is 0 Å². The molecule has 1 fully saturated rings. The molecule has 0 bridgehead atoms. The summed E-state index contributed by atoms with van der Waals surface area (Å²) in [5.74, 6) is 8.55. The van der Waals surface area contributed by atoms with E-state index in [1.807, 2.05) is 0 Å². The maximum Gasteiger partial charge on any atom is 0.00914 e. The van der Waals surface area contributed by atoms with Crippen molar-refractivity contribution in [2.45, 2.75) is 32.1 Å². The molecule has 2 unspecified atom stereocenters. The molecule has 0 amide bonds. The molecule has 0 spiro atoms. The Morgan fingerprint density at radius 1 is 0.889 bits per heavy atom. The molecule has 0 radical (unpaired) electrons. The van der Waals surface area contributed by atoms with Crippen LogP contribution in [0, 0.1) is 23.7 Å². The van der Waals surface area contributed by atoms with Crippen LogP contribution in [0.25, 0.3) is 0 Å². The number of rotatable bonds is 0. The largest absolute Gasteiger partial charge is 0.103 e. The molecule has 9 heavy (non-hydrogen) atoms. The third kappa shape index (κ3) is 1.10. The van der Waals surface area contributed by atoms with Crippen molar-refractivity contribution in [2.75, 3.05) is 0 Å². The molecule has 0 heteroatoms. The van der Waals surface area contributed by atoms with Crippen molar-refractivity contribution in [2.24, 2.45) is 11.8 Å². The molecule has 0 aliphatic heterocycles. The first-order valence-electron chi connectivity index (χ1n) is 3.92. The van der Waals surface area contributed by atoms with Gasteiger partial charge in [0, 0.05) is 12.8 Å². The van der Waals surface area contributed by atoms with Gasteiger partial charge in [-0.05, 0) is 31.1 Å². The summed E-state index contributed by atoms with van der Waals surface area (Å²) in [6, 6.07) is 0. The molecule has 0 aromatic rings. The van der Waals surface area contributed by atoms with Crippen LogP contribution < -0.4 is 0 Å². The molecule has 48 valence electrons. The zero-order valence-corrected chi connectivity index (χ0v) is 5.69. The first kappa shape index (κ1) is 5.35. The molecule has 2 rings (SSSR count). The van der Waals surface area contributed by atoms with Crippen molar-refractivity contribution in [1.82, 2.24) is 0 Å². The first-order valence-corrected chi connectivity index (χ1v) is 3.92. The van der Waals surface area contributed by atoms with Gasteiger partial charge in [0.25, 0.3) is 0 Å². The number of hydrogen-bond acceptors (Lipinski definition) is 0. The normalized spacial score (nSPS) is 39.1. The monoisotopic (exact) mass is 120 g/mol. The van der Waals surface area contributed by atoms with E-state index in [1.54, 1.807) is 0 Å². The molecule has 0 nitrogen and oxygen atoms in total. The van der Waals surface area contributed by atoms with Crippen molar-refractivity contribution in [3.63, 3.8) is 0 Å². The lowest BCUT2D eigenvalue weighted by molar-refractivity contribution is 0.618. The Hall–Kier alpha value is -0.440. The Labute approximate surface area is 56.6 Å². The Morgan fingerprint density at radius 3 is 2.00 bits per heavy atom. The predicted molar refractivity (Wildman–Crippen MR) is 37.8 cm³/mol. The molecule has 2 aliphatic carbocycles. The Bertz CT molecular complexity index is 143. The highest BCUT2D eigenvalue weighted by Gasteiger charge is 2.35. The van der Waals surface area contributed by atoms with E-state index >= 15 is 0 Å². The van der Waals surface area contributed by atoms with Gasteiger partial charge in [0.2, 0.25) is 0 Å². The predicted octanol–water partition coefficient (Wildman–Crippen LogP) is 2.20. The van der Waals surface area contributed by atoms with Crippen molar-refractivity contribution < 1.29 is 0 Å². The van der Waals surface area contributed by atoms with E-state index in [4.69, 9.17) is 0 Å². The van der Waals surface area contributed by atoms with Crippen molar-refractivity contribution >= 4 is 0 Å². The van der Waals surface area contributed by atoms with Gasteiger partial charge in [0.15, 0.2) is 0 Å². The second kappa shape index (κ2) is 2.06. The summed E-state index contributed by atoms with van der Waals surface area (Å²) in [5.41, 5.74) is 0. The average Bonchev–Trinajstić information content (AvgIpc) is 2.46. The van der Waals surface area contributed by atoms with Crippen LogP contribution in [0.1, 0.15) is 32.1 Å². The summed E-state index contributed by atoms with van der Waals surface area (Å²) in [7, 11) is 0. The van der Waals surface area contributed by atoms with Crippen LogP contribution in [-0.4, -0.2) is 0 Å². The molecule has 0 saturated heterocycles. The fourth-order valence-electron chi connectivity index (χ4n) is 1.71. The van der Waals surface area contributed by atoms with E-state index in [-0.39, 0.29) is 0 Å². The van der Waals surface area contributed by atoms with Crippen LogP contribution in [0.2, 0.25) is 0 Å². The lowest BCUT2D eigenvalue weighted by Gasteiger charge is -1.96. The molecular weight excluding hydrogens is 108 g/mol. The highest BCUT2D eigenvalue weighted by atomic mass is 14.4. The van der Waals surface area contributed by atoms with Crippen LogP contribution >= 0.6 is 0 Å². The Morgan fingerprint density at radius 2 is 1.44 bits per heavy atom. The zero-order chi connectivity index (χ0) is 6.10. The van der Waals surface area contributed by atoms with Gasteiger partial charge < -0.3 is 0 Å². The summed E-state index contributed by atoms with van der Waals surface area (Å²) >= 11 is 0. The third-order valence-electron chi connectivity index (χ3n) is 2.47. The van der Waals surface area contributed by atoms with Gasteiger partial charge in [-0.25, -0.2) is 0 Å². The molecule has 1 saturated carbocycles. The molecule has 0 heterocycles. The molecule has 0 N–H and O–H groups in total. The van der Waals surface area contributed by atoms with Crippen LogP contribution in [0.4, 0.5) is 0 Å². The second-order valence-corrected chi connectivity index (χ2v) is 3.19. The summed E-state index contributed by atoms with van der Waals surface area (Å²) in [4.78, 5) is 0. The highest BCUT2D eigenvalue weighted by Crippen LogP contribution is 2.45. The van der Waals surface area contributed by atoms with E-state index in [9.17, 15) is 0 Å². The standard InChI is InChI=1S/C9H12/c1-2-4-6-9-7-8(9)5-3-1/h8-9H,3-7H2. The summed E-state index contributed by atoms with van der Waals surface area (Å²) in [6.07, 6.45) is 6.61. The molecule has 2 atom stereocenters. The minimum Gasteiger partial charge on any atom is -0.103 e. The van der Waals surface area contributed by atoms with Gasteiger partial charge in [0.1, 0.15) is 0 Å². The fourth-order valence-corrected chi connectivity index (χ4v) is 1.71. The van der Waals surface area contributed by atoms with Crippen molar-refractivity contribution in [3.05, 3.63) is 0 Å². The van der Waals surface area contributed by atoms with Gasteiger partial charge in [-0.2, -0.15) is 0 Å². The lowest BCUT2D eigenvalue weighted by Crippen LogP contribution is -1.85. The third-order valence-corrected chi connectivity index (χ3v) is 2.47. The van der Waals surface area contributed by atoms with Gasteiger partial charge in [0.05, 0.1) is 0 Å². The summed E-state index contributed by atoms with van der Waals surface area (Å²) < 4.78 is 0. The number of fused-ring (bicyclic) bond motifs is 1. The first-order chi connectivity index (χ1) is 4.47. The van der Waals surface area contributed by atoms with E-state index < -0.39 is 0 Å². The highest BCUT2D eigenvalue weighted by molar-refractivity contribution is 5.04. The maximum absolute atomic E-state index is 3.19. The van der Waals surface area contributed by atoms with Crippen LogP contribution in [0.5, 0.6) is 0 Å².